The monoisotopic (exact) mass is 164 g/mol. The summed E-state index contributed by atoms with van der Waals surface area (Å²) in [6.07, 6.45) is 12.5. The quantitative estimate of drug-likeness (QED) is 0.589. The normalized spacial score (nSPS) is 16.8. The van der Waals surface area contributed by atoms with E-state index in [9.17, 15) is 0 Å². The zero-order valence-electron chi connectivity index (χ0n) is 7.61. The molecule has 0 bridgehead atoms. The maximum absolute atomic E-state index is 3.72. The van der Waals surface area contributed by atoms with Crippen LogP contribution >= 0.6 is 0 Å². The average molecular weight is 164 g/mol. The lowest BCUT2D eigenvalue weighted by atomic mass is 10.2. The first-order valence-electron chi connectivity index (χ1n) is 4.59. The van der Waals surface area contributed by atoms with Crippen molar-refractivity contribution in [2.75, 3.05) is 0 Å². The van der Waals surface area contributed by atoms with Crippen LogP contribution in [0.3, 0.4) is 0 Å². The molecule has 12 heavy (non-hydrogen) atoms. The fourth-order valence-corrected chi connectivity index (χ4v) is 1.38. The first-order chi connectivity index (χ1) is 5.89. The van der Waals surface area contributed by atoms with Crippen molar-refractivity contribution in [2.24, 2.45) is 5.92 Å². The number of hydrogen-bond donors (Lipinski definition) is 0. The van der Waals surface area contributed by atoms with Gasteiger partial charge in [-0.05, 0) is 5.92 Å². The van der Waals surface area contributed by atoms with E-state index in [4.69, 9.17) is 0 Å². The summed E-state index contributed by atoms with van der Waals surface area (Å²) in [4.78, 5) is 7.44. The minimum Gasteiger partial charge on any atom is -0.262 e. The molecule has 2 nitrogen and oxygen atoms in total. The van der Waals surface area contributed by atoms with Gasteiger partial charge in [0.15, 0.2) is 0 Å². The predicted octanol–water partition coefficient (Wildman–Crippen LogP) is 2.67. The summed E-state index contributed by atoms with van der Waals surface area (Å²) >= 11 is 0. The molecule has 0 aromatic carbocycles. The average Bonchev–Trinajstić information content (AvgIpc) is 2.60. The van der Waals surface area contributed by atoms with E-state index in [1.54, 1.807) is 24.8 Å². The lowest BCUT2D eigenvalue weighted by molar-refractivity contribution is 0.612. The van der Waals surface area contributed by atoms with E-state index in [0.717, 1.165) is 5.92 Å². The van der Waals surface area contributed by atoms with Crippen LogP contribution in [-0.4, -0.2) is 9.97 Å². The second-order valence-electron chi connectivity index (χ2n) is 3.28. The highest BCUT2D eigenvalue weighted by atomic mass is 14.7. The molecule has 66 valence electrons. The van der Waals surface area contributed by atoms with E-state index >= 15 is 0 Å². The molecular formula is C10H16N2. The number of hydrogen-bond acceptors (Lipinski definition) is 2. The molecule has 0 N–H and O–H groups in total. The SMILES string of the molecule is CC1CCCC1.c1cnccn1. The van der Waals surface area contributed by atoms with Crippen molar-refractivity contribution < 1.29 is 0 Å². The van der Waals surface area contributed by atoms with Crippen molar-refractivity contribution in [3.63, 3.8) is 0 Å². The summed E-state index contributed by atoms with van der Waals surface area (Å²) in [6.45, 7) is 2.34. The van der Waals surface area contributed by atoms with E-state index < -0.39 is 0 Å². The molecule has 0 radical (unpaired) electrons. The molecular weight excluding hydrogens is 148 g/mol. The highest BCUT2D eigenvalue weighted by molar-refractivity contribution is 4.70. The van der Waals surface area contributed by atoms with Gasteiger partial charge >= 0.3 is 0 Å². The minimum atomic E-state index is 1.05. The van der Waals surface area contributed by atoms with Crippen molar-refractivity contribution in [1.82, 2.24) is 9.97 Å². The van der Waals surface area contributed by atoms with Crippen molar-refractivity contribution in [2.45, 2.75) is 32.6 Å². The Labute approximate surface area is 74.1 Å². The molecule has 2 heteroatoms. The zero-order chi connectivity index (χ0) is 8.65. The zero-order valence-corrected chi connectivity index (χ0v) is 7.61. The number of rotatable bonds is 0. The first-order valence-corrected chi connectivity index (χ1v) is 4.59. The van der Waals surface area contributed by atoms with Gasteiger partial charge in [-0.15, -0.1) is 0 Å². The smallest absolute Gasteiger partial charge is 0.0451 e. The van der Waals surface area contributed by atoms with Gasteiger partial charge in [0.1, 0.15) is 0 Å². The molecule has 0 unspecified atom stereocenters. The van der Waals surface area contributed by atoms with Gasteiger partial charge in [-0.1, -0.05) is 32.6 Å². The Bertz CT molecular complexity index is 154. The Balaban J connectivity index is 0.000000120. The van der Waals surface area contributed by atoms with Gasteiger partial charge < -0.3 is 0 Å². The summed E-state index contributed by atoms with van der Waals surface area (Å²) in [7, 11) is 0. The van der Waals surface area contributed by atoms with Crippen LogP contribution in [0.15, 0.2) is 24.8 Å². The second-order valence-corrected chi connectivity index (χ2v) is 3.28. The third kappa shape index (κ3) is 4.06. The predicted molar refractivity (Wildman–Crippen MR) is 49.7 cm³/mol. The number of nitrogens with zero attached hydrogens (tertiary/aromatic N) is 2. The Morgan fingerprint density at radius 3 is 1.50 bits per heavy atom. The second kappa shape index (κ2) is 5.70. The molecule has 1 fully saturated rings. The molecule has 0 saturated heterocycles. The van der Waals surface area contributed by atoms with Gasteiger partial charge in [0.25, 0.3) is 0 Å². The maximum atomic E-state index is 3.72. The van der Waals surface area contributed by atoms with Crippen LogP contribution < -0.4 is 0 Å². The molecule has 1 aromatic heterocycles. The van der Waals surface area contributed by atoms with Gasteiger partial charge in [-0.25, -0.2) is 0 Å². The largest absolute Gasteiger partial charge is 0.262 e. The molecule has 2 rings (SSSR count). The first kappa shape index (κ1) is 9.17. The lowest BCUT2D eigenvalue weighted by Crippen LogP contribution is -1.78. The van der Waals surface area contributed by atoms with Crippen LogP contribution in [0.4, 0.5) is 0 Å². The molecule has 0 atom stereocenters. The highest BCUT2D eigenvalue weighted by Gasteiger charge is 2.07. The topological polar surface area (TPSA) is 25.8 Å². The summed E-state index contributed by atoms with van der Waals surface area (Å²) in [5.41, 5.74) is 0. The van der Waals surface area contributed by atoms with Gasteiger partial charge in [-0.2, -0.15) is 0 Å². The van der Waals surface area contributed by atoms with Gasteiger partial charge in [0.05, 0.1) is 0 Å². The van der Waals surface area contributed by atoms with Crippen LogP contribution in [-0.2, 0) is 0 Å². The molecule has 0 amide bonds. The molecule has 1 saturated carbocycles. The summed E-state index contributed by atoms with van der Waals surface area (Å²) in [6, 6.07) is 0. The van der Waals surface area contributed by atoms with E-state index in [1.807, 2.05) is 0 Å². The van der Waals surface area contributed by atoms with E-state index in [0.29, 0.717) is 0 Å². The van der Waals surface area contributed by atoms with Crippen molar-refractivity contribution in [1.29, 1.82) is 0 Å². The minimum absolute atomic E-state index is 1.05. The molecule has 1 aromatic rings. The third-order valence-corrected chi connectivity index (χ3v) is 2.12. The Kier molecular flexibility index (Phi) is 4.35. The number of aromatic nitrogens is 2. The third-order valence-electron chi connectivity index (χ3n) is 2.12. The highest BCUT2D eigenvalue weighted by Crippen LogP contribution is 2.22. The molecule has 1 aliphatic rings. The Hall–Kier alpha value is -0.920. The van der Waals surface area contributed by atoms with E-state index in [2.05, 4.69) is 16.9 Å². The van der Waals surface area contributed by atoms with Crippen LogP contribution in [0.2, 0.25) is 0 Å². The van der Waals surface area contributed by atoms with Gasteiger partial charge in [0.2, 0.25) is 0 Å². The van der Waals surface area contributed by atoms with Crippen LogP contribution in [0.25, 0.3) is 0 Å². The van der Waals surface area contributed by atoms with Gasteiger partial charge in [0, 0.05) is 24.8 Å². The van der Waals surface area contributed by atoms with Crippen molar-refractivity contribution in [3.8, 4) is 0 Å². The Morgan fingerprint density at radius 1 is 0.917 bits per heavy atom. The summed E-state index contributed by atoms with van der Waals surface area (Å²) in [5.74, 6) is 1.05. The van der Waals surface area contributed by atoms with E-state index in [1.165, 1.54) is 25.7 Å². The maximum Gasteiger partial charge on any atom is 0.0451 e. The van der Waals surface area contributed by atoms with Crippen LogP contribution in [0, 0.1) is 5.92 Å². The molecule has 1 aliphatic carbocycles. The molecule has 0 spiro atoms. The summed E-state index contributed by atoms with van der Waals surface area (Å²) in [5, 5.41) is 0. The van der Waals surface area contributed by atoms with Crippen LogP contribution in [0.1, 0.15) is 32.6 Å². The molecule has 1 heterocycles. The molecule has 0 aliphatic heterocycles. The standard InChI is InChI=1S/C6H12.C4H4N2/c1-6-4-2-3-5-6;1-2-6-4-3-5-1/h6H,2-5H2,1H3;1-4H. The summed E-state index contributed by atoms with van der Waals surface area (Å²) < 4.78 is 0. The fraction of sp³-hybridized carbons (Fsp3) is 0.600. The van der Waals surface area contributed by atoms with Crippen molar-refractivity contribution in [3.05, 3.63) is 24.8 Å². The lowest BCUT2D eigenvalue weighted by Gasteiger charge is -1.91. The van der Waals surface area contributed by atoms with Gasteiger partial charge in [-0.3, -0.25) is 9.97 Å². The van der Waals surface area contributed by atoms with Crippen molar-refractivity contribution >= 4 is 0 Å². The fourth-order valence-electron chi connectivity index (χ4n) is 1.38. The van der Waals surface area contributed by atoms with Crippen LogP contribution in [0.5, 0.6) is 0 Å². The van der Waals surface area contributed by atoms with E-state index in [-0.39, 0.29) is 0 Å². The Morgan fingerprint density at radius 2 is 1.33 bits per heavy atom.